The molecule has 0 radical (unpaired) electrons. The predicted octanol–water partition coefficient (Wildman–Crippen LogP) is 4.84. The maximum Gasteiger partial charge on any atom is 0.173 e. The highest BCUT2D eigenvalue weighted by molar-refractivity contribution is 5.88. The van der Waals surface area contributed by atoms with Gasteiger partial charge in [0.1, 0.15) is 5.75 Å². The molecule has 0 unspecified atom stereocenters. The Bertz CT molecular complexity index is 1030. The molecule has 1 aliphatic rings. The summed E-state index contributed by atoms with van der Waals surface area (Å²) < 4.78 is 25.8. The maximum atomic E-state index is 14.8. The van der Waals surface area contributed by atoms with Crippen molar-refractivity contribution in [2.45, 2.75) is 13.3 Å². The van der Waals surface area contributed by atoms with Crippen LogP contribution in [-0.2, 0) is 6.42 Å². The van der Waals surface area contributed by atoms with Gasteiger partial charge in [-0.25, -0.2) is 4.39 Å². The summed E-state index contributed by atoms with van der Waals surface area (Å²) in [5.74, 6) is 0.525. The van der Waals surface area contributed by atoms with Crippen LogP contribution in [0.25, 0.3) is 17.0 Å². The SMILES string of the molecule is COc1cc2c(Oc3ccc4c(c3F)C=C(C)C4)ccnc2cc1O. The Morgan fingerprint density at radius 2 is 1.96 bits per heavy atom. The Morgan fingerprint density at radius 1 is 1.12 bits per heavy atom. The molecule has 0 atom stereocenters. The molecule has 0 bridgehead atoms. The Kier molecular flexibility index (Phi) is 3.57. The van der Waals surface area contributed by atoms with Crippen LogP contribution < -0.4 is 9.47 Å². The number of phenols is 1. The first kappa shape index (κ1) is 15.4. The highest BCUT2D eigenvalue weighted by Crippen LogP contribution is 2.38. The topological polar surface area (TPSA) is 51.6 Å². The molecule has 1 aromatic heterocycles. The van der Waals surface area contributed by atoms with E-state index in [1.165, 1.54) is 13.2 Å². The van der Waals surface area contributed by atoms with Crippen molar-refractivity contribution in [3.8, 4) is 23.0 Å². The summed E-state index contributed by atoms with van der Waals surface area (Å²) in [6.45, 7) is 1.98. The van der Waals surface area contributed by atoms with Gasteiger partial charge in [-0.05, 0) is 37.1 Å². The number of benzene rings is 2. The first-order valence-electron chi connectivity index (χ1n) is 7.89. The fourth-order valence-electron chi connectivity index (χ4n) is 3.11. The molecule has 0 saturated carbocycles. The second-order valence-corrected chi connectivity index (χ2v) is 6.07. The van der Waals surface area contributed by atoms with Crippen molar-refractivity contribution < 1.29 is 19.0 Å². The minimum atomic E-state index is -0.370. The van der Waals surface area contributed by atoms with Crippen molar-refractivity contribution in [2.75, 3.05) is 7.11 Å². The Morgan fingerprint density at radius 3 is 2.76 bits per heavy atom. The van der Waals surface area contributed by atoms with E-state index >= 15 is 0 Å². The number of aromatic hydroxyl groups is 1. The van der Waals surface area contributed by atoms with Gasteiger partial charge in [0.2, 0.25) is 0 Å². The molecule has 1 heterocycles. The standard InChI is InChI=1S/C20H16FNO3/c1-11-7-12-3-4-18(20(21)13(12)8-11)25-17-5-6-22-15-10-16(23)19(24-2)9-14(15)17/h3-6,8-10,23H,7H2,1-2H3. The Hall–Kier alpha value is -3.08. The van der Waals surface area contributed by atoms with E-state index in [1.807, 2.05) is 19.1 Å². The zero-order valence-electron chi connectivity index (χ0n) is 13.8. The summed E-state index contributed by atoms with van der Waals surface area (Å²) >= 11 is 0. The fraction of sp³-hybridized carbons (Fsp3) is 0.150. The van der Waals surface area contributed by atoms with Crippen LogP contribution in [-0.4, -0.2) is 17.2 Å². The van der Waals surface area contributed by atoms with E-state index < -0.39 is 0 Å². The predicted molar refractivity (Wildman–Crippen MR) is 93.8 cm³/mol. The molecule has 5 heteroatoms. The summed E-state index contributed by atoms with van der Waals surface area (Å²) in [5.41, 5.74) is 3.21. The van der Waals surface area contributed by atoms with E-state index in [9.17, 15) is 9.50 Å². The van der Waals surface area contributed by atoms with Gasteiger partial charge in [-0.1, -0.05) is 17.7 Å². The molecular weight excluding hydrogens is 321 g/mol. The van der Waals surface area contributed by atoms with Crippen molar-refractivity contribution >= 4 is 17.0 Å². The van der Waals surface area contributed by atoms with Gasteiger partial charge in [-0.2, -0.15) is 0 Å². The number of aromatic nitrogens is 1. The summed E-state index contributed by atoms with van der Waals surface area (Å²) in [6, 6.07) is 8.31. The number of allylic oxidation sites excluding steroid dienone is 1. The smallest absolute Gasteiger partial charge is 0.173 e. The quantitative estimate of drug-likeness (QED) is 0.743. The lowest BCUT2D eigenvalue weighted by Crippen LogP contribution is -1.95. The van der Waals surface area contributed by atoms with E-state index in [0.717, 1.165) is 17.6 Å². The van der Waals surface area contributed by atoms with E-state index in [0.29, 0.717) is 28.0 Å². The van der Waals surface area contributed by atoms with Crippen LogP contribution in [0.1, 0.15) is 18.1 Å². The average Bonchev–Trinajstić information content (AvgIpc) is 2.98. The van der Waals surface area contributed by atoms with Crippen molar-refractivity contribution in [3.63, 3.8) is 0 Å². The van der Waals surface area contributed by atoms with Gasteiger partial charge in [0.15, 0.2) is 23.1 Å². The molecule has 0 saturated heterocycles. The molecule has 0 spiro atoms. The average molecular weight is 337 g/mol. The van der Waals surface area contributed by atoms with Gasteiger partial charge in [0, 0.05) is 23.2 Å². The third kappa shape index (κ3) is 2.58. The van der Waals surface area contributed by atoms with Crippen LogP contribution >= 0.6 is 0 Å². The Labute approximate surface area is 144 Å². The zero-order valence-corrected chi connectivity index (χ0v) is 13.8. The van der Waals surface area contributed by atoms with Crippen molar-refractivity contribution in [1.82, 2.24) is 4.98 Å². The third-order valence-corrected chi connectivity index (χ3v) is 4.32. The third-order valence-electron chi connectivity index (χ3n) is 4.32. The molecule has 0 aliphatic heterocycles. The van der Waals surface area contributed by atoms with E-state index in [2.05, 4.69) is 4.98 Å². The summed E-state index contributed by atoms with van der Waals surface area (Å²) in [6.07, 6.45) is 4.17. The second-order valence-electron chi connectivity index (χ2n) is 6.07. The fourth-order valence-corrected chi connectivity index (χ4v) is 3.11. The number of pyridine rings is 1. The van der Waals surface area contributed by atoms with E-state index in [4.69, 9.17) is 9.47 Å². The molecule has 0 amide bonds. The van der Waals surface area contributed by atoms with Crippen molar-refractivity contribution in [1.29, 1.82) is 0 Å². The van der Waals surface area contributed by atoms with Crippen LogP contribution in [0.15, 0.2) is 42.1 Å². The van der Waals surface area contributed by atoms with Crippen LogP contribution in [0.5, 0.6) is 23.0 Å². The number of hydrogen-bond acceptors (Lipinski definition) is 4. The van der Waals surface area contributed by atoms with Crippen LogP contribution in [0.2, 0.25) is 0 Å². The minimum Gasteiger partial charge on any atom is -0.504 e. The normalized spacial score (nSPS) is 12.8. The van der Waals surface area contributed by atoms with E-state index in [1.54, 1.807) is 24.4 Å². The highest BCUT2D eigenvalue weighted by atomic mass is 19.1. The number of phenolic OH excluding ortho intramolecular Hbond substituents is 1. The number of rotatable bonds is 3. The molecule has 4 nitrogen and oxygen atoms in total. The number of nitrogens with zero attached hydrogens (tertiary/aromatic N) is 1. The number of hydrogen-bond donors (Lipinski definition) is 1. The van der Waals surface area contributed by atoms with Gasteiger partial charge in [-0.3, -0.25) is 4.98 Å². The number of methoxy groups -OCH3 is 1. The molecule has 126 valence electrons. The monoisotopic (exact) mass is 337 g/mol. The summed E-state index contributed by atoms with van der Waals surface area (Å²) in [4.78, 5) is 4.21. The Balaban J connectivity index is 1.81. The first-order valence-corrected chi connectivity index (χ1v) is 7.89. The van der Waals surface area contributed by atoms with Gasteiger partial charge in [0.05, 0.1) is 12.6 Å². The molecule has 25 heavy (non-hydrogen) atoms. The number of halogens is 1. The lowest BCUT2D eigenvalue weighted by Gasteiger charge is -2.12. The van der Waals surface area contributed by atoms with Crippen molar-refractivity contribution in [2.24, 2.45) is 0 Å². The van der Waals surface area contributed by atoms with Gasteiger partial charge in [0.25, 0.3) is 0 Å². The number of fused-ring (bicyclic) bond motifs is 2. The molecule has 2 aromatic carbocycles. The van der Waals surface area contributed by atoms with Gasteiger partial charge >= 0.3 is 0 Å². The summed E-state index contributed by atoms with van der Waals surface area (Å²) in [7, 11) is 1.46. The lowest BCUT2D eigenvalue weighted by atomic mass is 10.1. The van der Waals surface area contributed by atoms with E-state index in [-0.39, 0.29) is 17.3 Å². The summed E-state index contributed by atoms with van der Waals surface area (Å²) in [5, 5.41) is 10.5. The molecule has 1 aliphatic carbocycles. The molecule has 3 aromatic rings. The van der Waals surface area contributed by atoms with Crippen LogP contribution in [0.3, 0.4) is 0 Å². The maximum absolute atomic E-state index is 14.8. The molecule has 4 rings (SSSR count). The highest BCUT2D eigenvalue weighted by Gasteiger charge is 2.19. The van der Waals surface area contributed by atoms with Gasteiger partial charge < -0.3 is 14.6 Å². The first-order chi connectivity index (χ1) is 12.1. The largest absolute Gasteiger partial charge is 0.504 e. The zero-order chi connectivity index (χ0) is 17.6. The van der Waals surface area contributed by atoms with Gasteiger partial charge in [-0.15, -0.1) is 0 Å². The number of ether oxygens (including phenoxy) is 2. The minimum absolute atomic E-state index is 0.0102. The second kappa shape index (κ2) is 5.77. The van der Waals surface area contributed by atoms with Crippen LogP contribution in [0.4, 0.5) is 4.39 Å². The van der Waals surface area contributed by atoms with Crippen LogP contribution in [0, 0.1) is 5.82 Å². The molecule has 1 N–H and O–H groups in total. The molecule has 0 fully saturated rings. The van der Waals surface area contributed by atoms with Crippen molar-refractivity contribution in [3.05, 3.63) is 59.0 Å². The molecular formula is C20H16FNO3. The lowest BCUT2D eigenvalue weighted by molar-refractivity contribution is 0.374.